The van der Waals surface area contributed by atoms with Crippen LogP contribution in [0.1, 0.15) is 20.8 Å². The van der Waals surface area contributed by atoms with Crippen LogP contribution >= 0.6 is 22.6 Å². The predicted octanol–water partition coefficient (Wildman–Crippen LogP) is 4.83. The number of aromatic amines is 1. The van der Waals surface area contributed by atoms with Gasteiger partial charge in [-0.15, -0.1) is 0 Å². The minimum atomic E-state index is -0.629. The van der Waals surface area contributed by atoms with Crippen molar-refractivity contribution in [2.75, 3.05) is 11.9 Å². The monoisotopic (exact) mass is 441 g/mol. The molecule has 7 heteroatoms. The molecule has 3 aromatic rings. The first kappa shape index (κ1) is 16.9. The van der Waals surface area contributed by atoms with Crippen molar-refractivity contribution >= 4 is 56.3 Å². The third-order valence-corrected chi connectivity index (χ3v) is 4.09. The highest BCUT2D eigenvalue weighted by atomic mass is 127. The van der Waals surface area contributed by atoms with Gasteiger partial charge in [-0.05, 0) is 61.6 Å². The van der Waals surface area contributed by atoms with E-state index in [-0.39, 0.29) is 0 Å². The minimum absolute atomic E-state index is 0.409. The van der Waals surface area contributed by atoms with Gasteiger partial charge in [0.15, 0.2) is 0 Å². The molecule has 1 amide bonds. The summed E-state index contributed by atoms with van der Waals surface area (Å²) in [4.78, 5) is 21.1. The summed E-state index contributed by atoms with van der Waals surface area (Å²) < 4.78 is 20.5. The zero-order valence-electron chi connectivity index (χ0n) is 13.8. The van der Waals surface area contributed by atoms with Crippen LogP contribution in [0.15, 0.2) is 24.4 Å². The van der Waals surface area contributed by atoms with Crippen LogP contribution in [0.5, 0.6) is 0 Å². The number of benzene rings is 1. The van der Waals surface area contributed by atoms with Crippen molar-refractivity contribution in [2.45, 2.75) is 26.4 Å². The van der Waals surface area contributed by atoms with Crippen molar-refractivity contribution in [3.05, 3.63) is 33.8 Å². The lowest BCUT2D eigenvalue weighted by Crippen LogP contribution is -2.34. The van der Waals surface area contributed by atoms with Crippen molar-refractivity contribution in [1.29, 1.82) is 0 Å². The van der Waals surface area contributed by atoms with Gasteiger partial charge in [-0.3, -0.25) is 4.90 Å². The molecule has 24 heavy (non-hydrogen) atoms. The maximum atomic E-state index is 14.1. The minimum Gasteiger partial charge on any atom is -0.443 e. The molecule has 5 nitrogen and oxygen atoms in total. The zero-order chi connectivity index (χ0) is 17.6. The number of nitrogens with one attached hydrogen (secondary N) is 1. The van der Waals surface area contributed by atoms with E-state index in [0.29, 0.717) is 22.2 Å². The van der Waals surface area contributed by atoms with Crippen LogP contribution in [0.4, 0.5) is 14.9 Å². The molecular weight excluding hydrogens is 424 g/mol. The molecule has 0 unspecified atom stereocenters. The predicted molar refractivity (Wildman–Crippen MR) is 101 cm³/mol. The standard InChI is InChI=1S/C17H17FIN3O2/c1-17(2,3)24-16(23)22(4)13-6-9(18)5-11-12-7-10(19)8-20-15(12)21-14(11)13/h5-8H,1-4H3,(H,20,21). The number of carbonyl (C=O) groups is 1. The van der Waals surface area contributed by atoms with Gasteiger partial charge in [0.1, 0.15) is 17.1 Å². The van der Waals surface area contributed by atoms with E-state index in [1.807, 2.05) is 6.07 Å². The largest absolute Gasteiger partial charge is 0.443 e. The number of pyridine rings is 1. The van der Waals surface area contributed by atoms with Crippen molar-refractivity contribution < 1.29 is 13.9 Å². The first-order valence-electron chi connectivity index (χ1n) is 7.39. The van der Waals surface area contributed by atoms with Crippen molar-refractivity contribution in [3.63, 3.8) is 0 Å². The number of fused-ring (bicyclic) bond motifs is 3. The fraction of sp³-hybridized carbons (Fsp3) is 0.294. The van der Waals surface area contributed by atoms with Gasteiger partial charge in [0, 0.05) is 27.6 Å². The molecule has 0 atom stereocenters. The van der Waals surface area contributed by atoms with Crippen LogP contribution in [0.3, 0.4) is 0 Å². The first-order valence-corrected chi connectivity index (χ1v) is 8.47. The number of ether oxygens (including phenoxy) is 1. The number of halogens is 2. The Morgan fingerprint density at radius 1 is 1.29 bits per heavy atom. The maximum absolute atomic E-state index is 14.1. The highest BCUT2D eigenvalue weighted by Gasteiger charge is 2.23. The normalized spacial score (nSPS) is 11.9. The molecule has 126 valence electrons. The lowest BCUT2D eigenvalue weighted by atomic mass is 10.1. The molecular formula is C17H17FIN3O2. The SMILES string of the molecule is CN(C(=O)OC(C)(C)C)c1cc(F)cc2c1[nH]c1ncc(I)cc12. The summed E-state index contributed by atoms with van der Waals surface area (Å²) in [7, 11) is 1.56. The molecule has 1 aromatic carbocycles. The van der Waals surface area contributed by atoms with Gasteiger partial charge < -0.3 is 9.72 Å². The molecule has 0 spiro atoms. The van der Waals surface area contributed by atoms with E-state index in [1.165, 1.54) is 17.0 Å². The smallest absolute Gasteiger partial charge is 0.414 e. The topological polar surface area (TPSA) is 58.2 Å². The number of aromatic nitrogens is 2. The molecule has 0 aliphatic heterocycles. The Hall–Kier alpha value is -1.90. The number of nitrogens with zero attached hydrogens (tertiary/aromatic N) is 2. The lowest BCUT2D eigenvalue weighted by Gasteiger charge is -2.25. The van der Waals surface area contributed by atoms with Crippen molar-refractivity contribution in [1.82, 2.24) is 9.97 Å². The number of hydrogen-bond donors (Lipinski definition) is 1. The summed E-state index contributed by atoms with van der Waals surface area (Å²) in [6.45, 7) is 5.36. The Morgan fingerprint density at radius 3 is 2.67 bits per heavy atom. The summed E-state index contributed by atoms with van der Waals surface area (Å²) in [5.74, 6) is -0.423. The van der Waals surface area contributed by atoms with Gasteiger partial charge in [-0.1, -0.05) is 0 Å². The fourth-order valence-electron chi connectivity index (χ4n) is 2.49. The van der Waals surface area contributed by atoms with Crippen molar-refractivity contribution in [3.8, 4) is 0 Å². The summed E-state index contributed by atoms with van der Waals surface area (Å²) in [5, 5.41) is 1.50. The van der Waals surface area contributed by atoms with E-state index in [2.05, 4.69) is 32.6 Å². The number of H-pyrrole nitrogens is 1. The molecule has 0 radical (unpaired) electrons. The molecule has 1 N–H and O–H groups in total. The van der Waals surface area contributed by atoms with Gasteiger partial charge in [-0.25, -0.2) is 14.2 Å². The third-order valence-electron chi connectivity index (χ3n) is 3.50. The Bertz CT molecular complexity index is 946. The molecule has 2 heterocycles. The van der Waals surface area contributed by atoms with Gasteiger partial charge in [-0.2, -0.15) is 0 Å². The van der Waals surface area contributed by atoms with Crippen LogP contribution < -0.4 is 4.90 Å². The van der Waals surface area contributed by atoms with Gasteiger partial charge in [0.05, 0.1) is 11.2 Å². The number of hydrogen-bond acceptors (Lipinski definition) is 3. The van der Waals surface area contributed by atoms with Crippen molar-refractivity contribution in [2.24, 2.45) is 0 Å². The van der Waals surface area contributed by atoms with Gasteiger partial charge in [0.25, 0.3) is 0 Å². The lowest BCUT2D eigenvalue weighted by molar-refractivity contribution is 0.0589. The summed E-state index contributed by atoms with van der Waals surface area (Å²) >= 11 is 2.16. The molecule has 0 saturated heterocycles. The van der Waals surface area contributed by atoms with E-state index in [0.717, 1.165) is 8.96 Å². The van der Waals surface area contributed by atoms with Gasteiger partial charge in [0.2, 0.25) is 0 Å². The van der Waals surface area contributed by atoms with Crippen LogP contribution in [0.2, 0.25) is 0 Å². The highest BCUT2D eigenvalue weighted by molar-refractivity contribution is 14.1. The first-order chi connectivity index (χ1) is 11.2. The van der Waals surface area contributed by atoms with Crippen LogP contribution in [0, 0.1) is 9.39 Å². The van der Waals surface area contributed by atoms with E-state index in [9.17, 15) is 9.18 Å². The second kappa shape index (κ2) is 5.87. The number of rotatable bonds is 1. The highest BCUT2D eigenvalue weighted by Crippen LogP contribution is 2.33. The molecule has 0 fully saturated rings. The van der Waals surface area contributed by atoms with E-state index in [4.69, 9.17) is 4.74 Å². The second-order valence-electron chi connectivity index (χ2n) is 6.56. The number of carbonyl (C=O) groups excluding carboxylic acids is 1. The molecule has 0 aliphatic carbocycles. The van der Waals surface area contributed by atoms with E-state index >= 15 is 0 Å². The second-order valence-corrected chi connectivity index (χ2v) is 7.81. The Balaban J connectivity index is 2.17. The number of anilines is 1. The quantitative estimate of drug-likeness (QED) is 0.551. The van der Waals surface area contributed by atoms with Crippen LogP contribution in [-0.4, -0.2) is 28.7 Å². The van der Waals surface area contributed by atoms with E-state index in [1.54, 1.807) is 34.0 Å². The Morgan fingerprint density at radius 2 is 2.00 bits per heavy atom. The third kappa shape index (κ3) is 3.17. The van der Waals surface area contributed by atoms with Crippen LogP contribution in [0.25, 0.3) is 21.9 Å². The van der Waals surface area contributed by atoms with E-state index < -0.39 is 17.5 Å². The average Bonchev–Trinajstić information content (AvgIpc) is 2.82. The summed E-state index contributed by atoms with van der Waals surface area (Å²) in [6, 6.07) is 4.68. The summed E-state index contributed by atoms with van der Waals surface area (Å²) in [6.07, 6.45) is 1.18. The maximum Gasteiger partial charge on any atom is 0.414 e. The fourth-order valence-corrected chi connectivity index (χ4v) is 2.94. The molecule has 2 aromatic heterocycles. The van der Waals surface area contributed by atoms with Crippen LogP contribution in [-0.2, 0) is 4.74 Å². The Labute approximate surface area is 152 Å². The Kier molecular flexibility index (Phi) is 4.15. The molecule has 3 rings (SSSR count). The zero-order valence-corrected chi connectivity index (χ0v) is 15.9. The molecule has 0 saturated carbocycles. The van der Waals surface area contributed by atoms with Gasteiger partial charge >= 0.3 is 6.09 Å². The average molecular weight is 441 g/mol. The summed E-state index contributed by atoms with van der Waals surface area (Å²) in [5.41, 5.74) is 1.08. The number of amides is 1. The molecule has 0 aliphatic rings. The molecule has 0 bridgehead atoms.